The van der Waals surface area contributed by atoms with Crippen molar-refractivity contribution in [1.29, 1.82) is 0 Å². The fourth-order valence-corrected chi connectivity index (χ4v) is 6.89. The molecule has 0 heteroatoms. The van der Waals surface area contributed by atoms with Crippen molar-refractivity contribution in [2.24, 2.45) is 5.92 Å². The monoisotopic (exact) mass is 817 g/mol. The molecule has 0 aliphatic carbocycles. The van der Waals surface area contributed by atoms with E-state index in [4.69, 9.17) is 0 Å². The van der Waals surface area contributed by atoms with Crippen LogP contribution >= 0.6 is 0 Å². The average Bonchev–Trinajstić information content (AvgIpc) is 3.26. The molecule has 0 fully saturated rings. The third-order valence-corrected chi connectivity index (χ3v) is 10.5. The molecule has 0 saturated carbocycles. The summed E-state index contributed by atoms with van der Waals surface area (Å²) in [6.07, 6.45) is 96.8. The standard InChI is InChI=1S/C60H96/c1-4-7-10-13-16-19-22-25-28-31-34-37-40-43-46-49-52-55-58-60(57-54-51-48-45-42-39-36-33-30-27-24-21-18-15-12-9-6-3)59-56-53-50-47-44-41-38-35-32-29-26-23-20-17-14-11-8-5-2/h7,9-10,12,14,16-19,21,23,25-28,30,32,34-37,39,41,43-44,46,60H,4-6,8,11,13,15,20,22,24,29,31,33,38,40,42,45,47-59H2,1-3H3. The molecule has 0 bridgehead atoms. The predicted octanol–water partition coefficient (Wildman–Crippen LogP) is 20.6. The van der Waals surface area contributed by atoms with Gasteiger partial charge < -0.3 is 0 Å². The Bertz CT molecular complexity index is 1240. The summed E-state index contributed by atoms with van der Waals surface area (Å²) >= 11 is 0. The van der Waals surface area contributed by atoms with Gasteiger partial charge >= 0.3 is 0 Å². The van der Waals surface area contributed by atoms with Gasteiger partial charge in [-0.1, -0.05) is 249 Å². The van der Waals surface area contributed by atoms with Crippen LogP contribution in [0.15, 0.2) is 158 Å². The minimum absolute atomic E-state index is 0.916. The maximum atomic E-state index is 2.42. The van der Waals surface area contributed by atoms with Crippen molar-refractivity contribution in [3.63, 3.8) is 0 Å². The van der Waals surface area contributed by atoms with E-state index < -0.39 is 0 Å². The molecule has 0 nitrogen and oxygen atoms in total. The van der Waals surface area contributed by atoms with Gasteiger partial charge in [0.2, 0.25) is 0 Å². The van der Waals surface area contributed by atoms with E-state index in [1.165, 1.54) is 116 Å². The molecule has 0 heterocycles. The van der Waals surface area contributed by atoms with Crippen LogP contribution in [-0.2, 0) is 0 Å². The quantitative estimate of drug-likeness (QED) is 0.0425. The minimum atomic E-state index is 0.916. The summed E-state index contributed by atoms with van der Waals surface area (Å²) in [5.41, 5.74) is 0. The van der Waals surface area contributed by atoms with Crippen LogP contribution in [0.5, 0.6) is 0 Å². The number of rotatable bonds is 43. The van der Waals surface area contributed by atoms with E-state index in [-0.39, 0.29) is 0 Å². The first-order valence-corrected chi connectivity index (χ1v) is 25.3. The second-order valence-electron chi connectivity index (χ2n) is 16.2. The van der Waals surface area contributed by atoms with Crippen LogP contribution in [0.4, 0.5) is 0 Å². The molecule has 0 aromatic carbocycles. The van der Waals surface area contributed by atoms with Crippen LogP contribution in [-0.4, -0.2) is 0 Å². The zero-order chi connectivity index (χ0) is 43.2. The SMILES string of the molecule is CCC=CCC=CCC=CCC=CCC=CCCCCC(CCCCCC=CCC=CCC=CCC=CCCCC)CCCCCCC=CCC=CCC=CCC=CCC. The van der Waals surface area contributed by atoms with Crippen molar-refractivity contribution >= 4 is 0 Å². The predicted molar refractivity (Wildman–Crippen MR) is 278 cm³/mol. The molecule has 1 unspecified atom stereocenters. The molecular weight excluding hydrogens is 721 g/mol. The van der Waals surface area contributed by atoms with Gasteiger partial charge in [0.15, 0.2) is 0 Å². The van der Waals surface area contributed by atoms with E-state index in [0.29, 0.717) is 0 Å². The molecule has 60 heavy (non-hydrogen) atoms. The van der Waals surface area contributed by atoms with Crippen molar-refractivity contribution in [3.8, 4) is 0 Å². The Morgan fingerprint density at radius 2 is 0.433 bits per heavy atom. The van der Waals surface area contributed by atoms with Crippen LogP contribution in [0.25, 0.3) is 0 Å². The Kier molecular flexibility index (Phi) is 50.6. The van der Waals surface area contributed by atoms with Crippen molar-refractivity contribution in [1.82, 2.24) is 0 Å². The lowest BCUT2D eigenvalue weighted by Gasteiger charge is -2.17. The number of allylic oxidation sites excluding steroid dienone is 26. The van der Waals surface area contributed by atoms with Gasteiger partial charge in [-0.05, 0) is 128 Å². The van der Waals surface area contributed by atoms with Gasteiger partial charge in [-0.25, -0.2) is 0 Å². The van der Waals surface area contributed by atoms with E-state index in [1.54, 1.807) is 0 Å². The van der Waals surface area contributed by atoms with Gasteiger partial charge in [0.05, 0.1) is 0 Å². The molecule has 0 aliphatic heterocycles. The summed E-state index contributed by atoms with van der Waals surface area (Å²) in [5.74, 6) is 0.916. The molecular formula is C60H96. The van der Waals surface area contributed by atoms with Gasteiger partial charge in [0, 0.05) is 0 Å². The molecule has 336 valence electrons. The van der Waals surface area contributed by atoms with Crippen molar-refractivity contribution in [3.05, 3.63) is 158 Å². The lowest BCUT2D eigenvalue weighted by atomic mass is 9.89. The van der Waals surface area contributed by atoms with Crippen LogP contribution in [0.1, 0.15) is 213 Å². The average molecular weight is 817 g/mol. The first-order chi connectivity index (χ1) is 29.8. The van der Waals surface area contributed by atoms with Gasteiger partial charge in [-0.15, -0.1) is 0 Å². The molecule has 1 atom stereocenters. The minimum Gasteiger partial charge on any atom is -0.0885 e. The van der Waals surface area contributed by atoms with E-state index >= 15 is 0 Å². The fraction of sp³-hybridized carbons (Fsp3) is 0.567. The third-order valence-electron chi connectivity index (χ3n) is 10.5. The first kappa shape index (κ1) is 56.6. The number of unbranched alkanes of at least 4 members (excludes halogenated alkanes) is 11. The van der Waals surface area contributed by atoms with Crippen LogP contribution < -0.4 is 0 Å². The third kappa shape index (κ3) is 50.8. The highest BCUT2D eigenvalue weighted by molar-refractivity contribution is 5.02. The molecule has 0 N–H and O–H groups in total. The maximum Gasteiger partial charge on any atom is -0.0169 e. The second kappa shape index (κ2) is 53.6. The Balaban J connectivity index is 4.36. The molecule has 0 aromatic heterocycles. The summed E-state index contributed by atoms with van der Waals surface area (Å²) in [5, 5.41) is 0. The molecule has 0 saturated heterocycles. The molecule has 0 rings (SSSR count). The lowest BCUT2D eigenvalue weighted by molar-refractivity contribution is 0.371. The van der Waals surface area contributed by atoms with Crippen molar-refractivity contribution in [2.45, 2.75) is 213 Å². The van der Waals surface area contributed by atoms with E-state index in [0.717, 1.165) is 83.0 Å². The molecule has 0 spiro atoms. The Morgan fingerprint density at radius 3 is 0.733 bits per heavy atom. The van der Waals surface area contributed by atoms with Gasteiger partial charge in [0.25, 0.3) is 0 Å². The molecule has 0 aliphatic rings. The van der Waals surface area contributed by atoms with E-state index in [9.17, 15) is 0 Å². The summed E-state index contributed by atoms with van der Waals surface area (Å²) in [4.78, 5) is 0. The largest absolute Gasteiger partial charge is 0.0885 e. The van der Waals surface area contributed by atoms with Gasteiger partial charge in [0.1, 0.15) is 0 Å². The molecule has 0 amide bonds. The van der Waals surface area contributed by atoms with Gasteiger partial charge in [-0.2, -0.15) is 0 Å². The van der Waals surface area contributed by atoms with Gasteiger partial charge in [-0.3, -0.25) is 0 Å². The second-order valence-corrected chi connectivity index (χ2v) is 16.2. The normalized spacial score (nSPS) is 14.0. The Morgan fingerprint density at radius 1 is 0.217 bits per heavy atom. The molecule has 0 radical (unpaired) electrons. The Labute approximate surface area is 375 Å². The first-order valence-electron chi connectivity index (χ1n) is 25.3. The summed E-state index contributed by atoms with van der Waals surface area (Å²) in [6.45, 7) is 6.62. The number of hydrogen-bond donors (Lipinski definition) is 0. The summed E-state index contributed by atoms with van der Waals surface area (Å²) in [6, 6.07) is 0. The van der Waals surface area contributed by atoms with E-state index in [2.05, 4.69) is 179 Å². The highest BCUT2D eigenvalue weighted by atomic mass is 14.1. The van der Waals surface area contributed by atoms with E-state index in [1.807, 2.05) is 0 Å². The smallest absolute Gasteiger partial charge is 0.0169 e. The Hall–Kier alpha value is -3.38. The van der Waals surface area contributed by atoms with Crippen molar-refractivity contribution in [2.75, 3.05) is 0 Å². The highest BCUT2D eigenvalue weighted by Gasteiger charge is 2.08. The summed E-state index contributed by atoms with van der Waals surface area (Å²) in [7, 11) is 0. The fourth-order valence-electron chi connectivity index (χ4n) is 6.89. The van der Waals surface area contributed by atoms with Crippen LogP contribution in [0.3, 0.4) is 0 Å². The maximum absolute atomic E-state index is 2.42. The number of hydrogen-bond acceptors (Lipinski definition) is 0. The lowest BCUT2D eigenvalue weighted by Crippen LogP contribution is -2.01. The zero-order valence-corrected chi connectivity index (χ0v) is 39.8. The van der Waals surface area contributed by atoms with Crippen LogP contribution in [0.2, 0.25) is 0 Å². The topological polar surface area (TPSA) is 0 Å². The van der Waals surface area contributed by atoms with Crippen LogP contribution in [0, 0.1) is 5.92 Å². The molecule has 0 aromatic rings. The highest BCUT2D eigenvalue weighted by Crippen LogP contribution is 2.24. The summed E-state index contributed by atoms with van der Waals surface area (Å²) < 4.78 is 0. The van der Waals surface area contributed by atoms with Crippen molar-refractivity contribution < 1.29 is 0 Å². The zero-order valence-electron chi connectivity index (χ0n) is 39.8.